The van der Waals surface area contributed by atoms with Gasteiger partial charge in [-0.1, -0.05) is 39.0 Å². The van der Waals surface area contributed by atoms with Crippen LogP contribution in [0.15, 0.2) is 0 Å². The maximum atomic E-state index is 3.90. The zero-order chi connectivity index (χ0) is 13.3. The van der Waals surface area contributed by atoms with Crippen molar-refractivity contribution in [3.63, 3.8) is 0 Å². The quantitative estimate of drug-likeness (QED) is 0.729. The summed E-state index contributed by atoms with van der Waals surface area (Å²) < 4.78 is 0. The molecule has 1 spiro atoms. The number of nitrogens with one attached hydrogen (secondary N) is 1. The summed E-state index contributed by atoms with van der Waals surface area (Å²) in [5.41, 5.74) is 0.485. The van der Waals surface area contributed by atoms with Gasteiger partial charge in [-0.05, 0) is 38.5 Å². The molecule has 3 rings (SSSR count). The highest BCUT2D eigenvalue weighted by molar-refractivity contribution is 5.02. The maximum Gasteiger partial charge on any atom is 0.0309 e. The van der Waals surface area contributed by atoms with Crippen LogP contribution in [0.5, 0.6) is 0 Å². The predicted octanol–water partition coefficient (Wildman–Crippen LogP) is 3.56. The molecular weight excluding hydrogens is 232 g/mol. The van der Waals surface area contributed by atoms with Crippen molar-refractivity contribution in [3.05, 3.63) is 0 Å². The molecule has 2 aliphatic carbocycles. The number of hydrogen-bond donors (Lipinski definition) is 1. The summed E-state index contributed by atoms with van der Waals surface area (Å²) in [7, 11) is 0. The van der Waals surface area contributed by atoms with Gasteiger partial charge in [0.25, 0.3) is 0 Å². The van der Waals surface area contributed by atoms with E-state index in [-0.39, 0.29) is 0 Å². The molecule has 1 aliphatic heterocycles. The first-order valence-electron chi connectivity index (χ1n) is 8.71. The molecule has 0 aromatic carbocycles. The fourth-order valence-corrected chi connectivity index (χ4v) is 4.84. The molecule has 19 heavy (non-hydrogen) atoms. The van der Waals surface area contributed by atoms with Gasteiger partial charge in [0.1, 0.15) is 0 Å². The average Bonchev–Trinajstić information content (AvgIpc) is 2.75. The molecular formula is C17H32N2. The third kappa shape index (κ3) is 2.85. The van der Waals surface area contributed by atoms with E-state index in [1.165, 1.54) is 70.9 Å². The van der Waals surface area contributed by atoms with Crippen molar-refractivity contribution in [1.82, 2.24) is 10.2 Å². The number of hydrogen-bond acceptors (Lipinski definition) is 2. The van der Waals surface area contributed by atoms with Crippen LogP contribution in [-0.4, -0.2) is 35.6 Å². The Bertz CT molecular complexity index is 296. The Morgan fingerprint density at radius 1 is 0.947 bits per heavy atom. The van der Waals surface area contributed by atoms with Gasteiger partial charge in [-0.15, -0.1) is 0 Å². The monoisotopic (exact) mass is 264 g/mol. The molecule has 3 unspecified atom stereocenters. The largest absolute Gasteiger partial charge is 0.308 e. The Morgan fingerprint density at radius 3 is 2.47 bits per heavy atom. The minimum Gasteiger partial charge on any atom is -0.308 e. The SMILES string of the molecule is CC1CCCCCC1N1CC2(CCCC2)NCC1C. The fourth-order valence-electron chi connectivity index (χ4n) is 4.84. The summed E-state index contributed by atoms with van der Waals surface area (Å²) in [6.07, 6.45) is 13.0. The van der Waals surface area contributed by atoms with Gasteiger partial charge in [0.15, 0.2) is 0 Å². The highest BCUT2D eigenvalue weighted by Crippen LogP contribution is 2.36. The van der Waals surface area contributed by atoms with Crippen LogP contribution in [0.1, 0.15) is 71.6 Å². The molecule has 3 atom stereocenters. The van der Waals surface area contributed by atoms with Crippen molar-refractivity contribution in [2.75, 3.05) is 13.1 Å². The molecule has 1 heterocycles. The van der Waals surface area contributed by atoms with E-state index in [0.717, 1.165) is 18.0 Å². The summed E-state index contributed by atoms with van der Waals surface area (Å²) in [4.78, 5) is 2.90. The van der Waals surface area contributed by atoms with Crippen molar-refractivity contribution in [1.29, 1.82) is 0 Å². The second-order valence-corrected chi connectivity index (χ2v) is 7.57. The summed E-state index contributed by atoms with van der Waals surface area (Å²) in [6, 6.07) is 1.59. The van der Waals surface area contributed by atoms with Gasteiger partial charge in [-0.2, -0.15) is 0 Å². The Hall–Kier alpha value is -0.0800. The maximum absolute atomic E-state index is 3.90. The van der Waals surface area contributed by atoms with E-state index in [2.05, 4.69) is 24.1 Å². The zero-order valence-corrected chi connectivity index (χ0v) is 13.0. The van der Waals surface area contributed by atoms with Crippen LogP contribution in [0, 0.1) is 5.92 Å². The molecule has 0 aromatic heterocycles. The lowest BCUT2D eigenvalue weighted by atomic mass is 9.87. The molecule has 1 saturated heterocycles. The Morgan fingerprint density at radius 2 is 1.68 bits per heavy atom. The summed E-state index contributed by atoms with van der Waals surface area (Å²) >= 11 is 0. The van der Waals surface area contributed by atoms with Crippen LogP contribution in [0.3, 0.4) is 0 Å². The third-order valence-corrected chi connectivity index (χ3v) is 6.13. The predicted molar refractivity (Wildman–Crippen MR) is 81.4 cm³/mol. The van der Waals surface area contributed by atoms with Crippen molar-refractivity contribution in [2.45, 2.75) is 89.3 Å². The van der Waals surface area contributed by atoms with Crippen LogP contribution in [0.2, 0.25) is 0 Å². The second kappa shape index (κ2) is 5.73. The van der Waals surface area contributed by atoms with E-state index in [1.807, 2.05) is 0 Å². The minimum atomic E-state index is 0.485. The first kappa shape index (κ1) is 13.9. The van der Waals surface area contributed by atoms with Gasteiger partial charge in [-0.3, -0.25) is 4.90 Å². The Labute approximate surface area is 119 Å². The Balaban J connectivity index is 1.73. The lowest BCUT2D eigenvalue weighted by Crippen LogP contribution is -2.65. The van der Waals surface area contributed by atoms with Gasteiger partial charge in [0, 0.05) is 30.7 Å². The molecule has 110 valence electrons. The van der Waals surface area contributed by atoms with Crippen molar-refractivity contribution < 1.29 is 0 Å². The van der Waals surface area contributed by atoms with E-state index >= 15 is 0 Å². The van der Waals surface area contributed by atoms with Gasteiger partial charge < -0.3 is 5.32 Å². The van der Waals surface area contributed by atoms with E-state index in [1.54, 1.807) is 0 Å². The summed E-state index contributed by atoms with van der Waals surface area (Å²) in [5, 5.41) is 3.90. The minimum absolute atomic E-state index is 0.485. The molecule has 0 bridgehead atoms. The molecule has 3 fully saturated rings. The van der Waals surface area contributed by atoms with Gasteiger partial charge in [0.2, 0.25) is 0 Å². The topological polar surface area (TPSA) is 15.3 Å². The molecule has 1 N–H and O–H groups in total. The van der Waals surface area contributed by atoms with Crippen LogP contribution < -0.4 is 5.32 Å². The molecule has 2 saturated carbocycles. The molecule has 0 radical (unpaired) electrons. The van der Waals surface area contributed by atoms with Crippen LogP contribution >= 0.6 is 0 Å². The lowest BCUT2D eigenvalue weighted by Gasteiger charge is -2.50. The molecule has 0 aromatic rings. The van der Waals surface area contributed by atoms with Gasteiger partial charge in [-0.25, -0.2) is 0 Å². The van der Waals surface area contributed by atoms with Gasteiger partial charge in [0.05, 0.1) is 0 Å². The standard InChI is InChI=1S/C17H32N2/c1-14-8-4-3-5-9-16(14)19-13-17(10-6-7-11-17)18-12-15(19)2/h14-16,18H,3-13H2,1-2H3. The van der Waals surface area contributed by atoms with Crippen LogP contribution in [0.25, 0.3) is 0 Å². The molecule has 0 amide bonds. The average molecular weight is 264 g/mol. The Kier molecular flexibility index (Phi) is 4.19. The fraction of sp³-hybridized carbons (Fsp3) is 1.00. The molecule has 2 heteroatoms. The highest BCUT2D eigenvalue weighted by Gasteiger charge is 2.42. The van der Waals surface area contributed by atoms with Gasteiger partial charge >= 0.3 is 0 Å². The van der Waals surface area contributed by atoms with Crippen molar-refractivity contribution >= 4 is 0 Å². The molecule has 3 aliphatic rings. The molecule has 2 nitrogen and oxygen atoms in total. The summed E-state index contributed by atoms with van der Waals surface area (Å²) in [6.45, 7) is 7.48. The normalized spacial score (nSPS) is 40.4. The number of piperazine rings is 1. The van der Waals surface area contributed by atoms with Crippen molar-refractivity contribution in [3.8, 4) is 0 Å². The zero-order valence-electron chi connectivity index (χ0n) is 13.0. The number of rotatable bonds is 1. The first-order valence-corrected chi connectivity index (χ1v) is 8.71. The second-order valence-electron chi connectivity index (χ2n) is 7.57. The smallest absolute Gasteiger partial charge is 0.0309 e. The van der Waals surface area contributed by atoms with E-state index in [9.17, 15) is 0 Å². The first-order chi connectivity index (χ1) is 9.20. The van der Waals surface area contributed by atoms with E-state index < -0.39 is 0 Å². The van der Waals surface area contributed by atoms with E-state index in [4.69, 9.17) is 0 Å². The highest BCUT2D eigenvalue weighted by atomic mass is 15.3. The van der Waals surface area contributed by atoms with Crippen LogP contribution in [-0.2, 0) is 0 Å². The lowest BCUT2D eigenvalue weighted by molar-refractivity contribution is 0.0264. The number of nitrogens with zero attached hydrogens (tertiary/aromatic N) is 1. The van der Waals surface area contributed by atoms with E-state index in [0.29, 0.717) is 5.54 Å². The summed E-state index contributed by atoms with van der Waals surface area (Å²) in [5.74, 6) is 0.904. The van der Waals surface area contributed by atoms with Crippen LogP contribution in [0.4, 0.5) is 0 Å². The van der Waals surface area contributed by atoms with Crippen molar-refractivity contribution in [2.24, 2.45) is 5.92 Å². The third-order valence-electron chi connectivity index (χ3n) is 6.13.